The molecule has 1 N–H and O–H groups in total. The molecule has 0 saturated carbocycles. The van der Waals surface area contributed by atoms with Crippen molar-refractivity contribution >= 4 is 5.78 Å². The van der Waals surface area contributed by atoms with Crippen molar-refractivity contribution in [2.24, 2.45) is 0 Å². The molecule has 4 heteroatoms. The summed E-state index contributed by atoms with van der Waals surface area (Å²) in [5.41, 5.74) is 0.696. The summed E-state index contributed by atoms with van der Waals surface area (Å²) in [4.78, 5) is 11.9. The van der Waals surface area contributed by atoms with E-state index < -0.39 is 5.82 Å². The lowest BCUT2D eigenvalue weighted by molar-refractivity contribution is -0.120. The van der Waals surface area contributed by atoms with Crippen LogP contribution in [0.2, 0.25) is 0 Å². The maximum Gasteiger partial charge on any atom is 0.165 e. The monoisotopic (exact) mass is 237 g/mol. The summed E-state index contributed by atoms with van der Waals surface area (Å²) in [5, 5.41) is 3.15. The van der Waals surface area contributed by atoms with Crippen LogP contribution >= 0.6 is 0 Å². The number of Topliss-reactive ketones (excluding diaryl/α,β-unsaturated/α-hetero) is 1. The van der Waals surface area contributed by atoms with E-state index in [4.69, 9.17) is 4.74 Å². The second-order valence-corrected chi connectivity index (χ2v) is 4.26. The summed E-state index contributed by atoms with van der Waals surface area (Å²) in [6, 6.07) is 4.60. The van der Waals surface area contributed by atoms with Crippen LogP contribution in [0, 0.1) is 5.82 Å². The van der Waals surface area contributed by atoms with Crippen LogP contribution in [0.4, 0.5) is 4.39 Å². The minimum absolute atomic E-state index is 0.0554. The molecular weight excluding hydrogens is 221 g/mol. The topological polar surface area (TPSA) is 38.3 Å². The van der Waals surface area contributed by atoms with Gasteiger partial charge in [-0.1, -0.05) is 6.07 Å². The third kappa shape index (κ3) is 2.82. The summed E-state index contributed by atoms with van der Waals surface area (Å²) >= 11 is 0. The maximum atomic E-state index is 13.4. The van der Waals surface area contributed by atoms with Gasteiger partial charge in [0.1, 0.15) is 0 Å². The summed E-state index contributed by atoms with van der Waals surface area (Å²) in [6.45, 7) is 0.896. The van der Waals surface area contributed by atoms with Crippen LogP contribution in [0.15, 0.2) is 18.2 Å². The number of benzene rings is 1. The molecule has 0 amide bonds. The van der Waals surface area contributed by atoms with Gasteiger partial charge in [0.05, 0.1) is 13.2 Å². The molecule has 1 aromatic rings. The first-order chi connectivity index (χ1) is 8.20. The van der Waals surface area contributed by atoms with Crippen LogP contribution in [0.1, 0.15) is 18.4 Å². The van der Waals surface area contributed by atoms with Crippen molar-refractivity contribution < 1.29 is 13.9 Å². The van der Waals surface area contributed by atoms with Crippen molar-refractivity contribution in [3.63, 3.8) is 0 Å². The van der Waals surface area contributed by atoms with Gasteiger partial charge in [-0.3, -0.25) is 4.79 Å². The molecular formula is C13H16FNO2. The van der Waals surface area contributed by atoms with Crippen molar-refractivity contribution in [3.8, 4) is 5.75 Å². The van der Waals surface area contributed by atoms with Gasteiger partial charge >= 0.3 is 0 Å². The minimum atomic E-state index is -0.419. The van der Waals surface area contributed by atoms with E-state index in [0.29, 0.717) is 5.56 Å². The molecule has 1 fully saturated rings. The first-order valence-corrected chi connectivity index (χ1v) is 5.79. The summed E-state index contributed by atoms with van der Waals surface area (Å²) < 4.78 is 18.3. The fourth-order valence-corrected chi connectivity index (χ4v) is 2.10. The molecule has 1 unspecified atom stereocenters. The van der Waals surface area contributed by atoms with Crippen molar-refractivity contribution in [1.29, 1.82) is 0 Å². The Morgan fingerprint density at radius 3 is 3.00 bits per heavy atom. The molecule has 17 heavy (non-hydrogen) atoms. The van der Waals surface area contributed by atoms with Gasteiger partial charge in [-0.25, -0.2) is 4.39 Å². The standard InChI is InChI=1S/C13H16FNO2/c1-17-13-5-4-9(7-10(13)14)8-12(16)11-3-2-6-15-11/h4-5,7,11,15H,2-3,6,8H2,1H3. The Morgan fingerprint density at radius 2 is 2.41 bits per heavy atom. The minimum Gasteiger partial charge on any atom is -0.494 e. The molecule has 0 aliphatic carbocycles. The molecule has 1 saturated heterocycles. The molecule has 3 nitrogen and oxygen atoms in total. The average Bonchev–Trinajstić information content (AvgIpc) is 2.82. The van der Waals surface area contributed by atoms with Gasteiger partial charge in [-0.05, 0) is 37.1 Å². The second kappa shape index (κ2) is 5.27. The predicted octanol–water partition coefficient (Wildman–Crippen LogP) is 1.70. The zero-order valence-corrected chi connectivity index (χ0v) is 9.83. The van der Waals surface area contributed by atoms with Gasteiger partial charge in [0.2, 0.25) is 0 Å². The summed E-state index contributed by atoms with van der Waals surface area (Å²) in [7, 11) is 1.42. The molecule has 1 atom stereocenters. The fraction of sp³-hybridized carbons (Fsp3) is 0.462. The van der Waals surface area contributed by atoms with Gasteiger partial charge in [0.25, 0.3) is 0 Å². The number of halogens is 1. The van der Waals surface area contributed by atoms with E-state index in [9.17, 15) is 9.18 Å². The number of rotatable bonds is 4. The maximum absolute atomic E-state index is 13.4. The Balaban J connectivity index is 2.03. The van der Waals surface area contributed by atoms with E-state index in [-0.39, 0.29) is 24.0 Å². The Morgan fingerprint density at radius 1 is 1.59 bits per heavy atom. The highest BCUT2D eigenvalue weighted by Gasteiger charge is 2.22. The van der Waals surface area contributed by atoms with Gasteiger partial charge < -0.3 is 10.1 Å². The Kier molecular flexibility index (Phi) is 3.74. The zero-order chi connectivity index (χ0) is 12.3. The highest BCUT2D eigenvalue weighted by molar-refractivity contribution is 5.86. The first-order valence-electron chi connectivity index (χ1n) is 5.79. The van der Waals surface area contributed by atoms with Crippen molar-refractivity contribution in [2.45, 2.75) is 25.3 Å². The smallest absolute Gasteiger partial charge is 0.165 e. The lowest BCUT2D eigenvalue weighted by Gasteiger charge is -2.09. The molecule has 2 rings (SSSR count). The van der Waals surface area contributed by atoms with Crippen molar-refractivity contribution in [2.75, 3.05) is 13.7 Å². The Bertz CT molecular complexity index is 414. The normalized spacial score (nSPS) is 19.3. The van der Waals surface area contributed by atoms with Crippen LogP contribution in [-0.4, -0.2) is 25.5 Å². The zero-order valence-electron chi connectivity index (χ0n) is 9.83. The number of hydrogen-bond acceptors (Lipinski definition) is 3. The van der Waals surface area contributed by atoms with Crippen LogP contribution in [0.25, 0.3) is 0 Å². The predicted molar refractivity (Wildman–Crippen MR) is 62.7 cm³/mol. The molecule has 0 aromatic heterocycles. The van der Waals surface area contributed by atoms with E-state index >= 15 is 0 Å². The van der Waals surface area contributed by atoms with Crippen molar-refractivity contribution in [3.05, 3.63) is 29.6 Å². The SMILES string of the molecule is COc1ccc(CC(=O)C2CCCN2)cc1F. The quantitative estimate of drug-likeness (QED) is 0.866. The van der Waals surface area contributed by atoms with E-state index in [0.717, 1.165) is 19.4 Å². The molecule has 0 bridgehead atoms. The number of ketones is 1. The Hall–Kier alpha value is -1.42. The molecule has 1 heterocycles. The van der Waals surface area contributed by atoms with Crippen LogP contribution in [-0.2, 0) is 11.2 Å². The van der Waals surface area contributed by atoms with E-state index in [1.807, 2.05) is 0 Å². The van der Waals surface area contributed by atoms with Crippen LogP contribution in [0.5, 0.6) is 5.75 Å². The Labute approximate surface area is 100.0 Å². The van der Waals surface area contributed by atoms with Gasteiger partial charge in [0.15, 0.2) is 17.3 Å². The molecule has 1 aliphatic rings. The van der Waals surface area contributed by atoms with Gasteiger partial charge in [0, 0.05) is 6.42 Å². The number of hydrogen-bond donors (Lipinski definition) is 1. The third-order valence-corrected chi connectivity index (χ3v) is 3.04. The lowest BCUT2D eigenvalue weighted by Crippen LogP contribution is -2.31. The molecule has 1 aromatic carbocycles. The number of carbonyl (C=O) groups is 1. The summed E-state index contributed by atoms with van der Waals surface area (Å²) in [5.74, 6) is -0.0792. The highest BCUT2D eigenvalue weighted by atomic mass is 19.1. The molecule has 0 radical (unpaired) electrons. The number of carbonyl (C=O) groups excluding carboxylic acids is 1. The highest BCUT2D eigenvalue weighted by Crippen LogP contribution is 2.19. The third-order valence-electron chi connectivity index (χ3n) is 3.04. The average molecular weight is 237 g/mol. The summed E-state index contributed by atoms with van der Waals surface area (Å²) in [6.07, 6.45) is 2.20. The van der Waals surface area contributed by atoms with E-state index in [1.165, 1.54) is 13.2 Å². The molecule has 1 aliphatic heterocycles. The largest absolute Gasteiger partial charge is 0.494 e. The van der Waals surface area contributed by atoms with E-state index in [2.05, 4.69) is 5.32 Å². The van der Waals surface area contributed by atoms with Crippen LogP contribution < -0.4 is 10.1 Å². The van der Waals surface area contributed by atoms with Crippen molar-refractivity contribution in [1.82, 2.24) is 5.32 Å². The second-order valence-electron chi connectivity index (χ2n) is 4.26. The van der Waals surface area contributed by atoms with Gasteiger partial charge in [-0.2, -0.15) is 0 Å². The van der Waals surface area contributed by atoms with Crippen LogP contribution in [0.3, 0.4) is 0 Å². The fourth-order valence-electron chi connectivity index (χ4n) is 2.10. The van der Waals surface area contributed by atoms with E-state index in [1.54, 1.807) is 12.1 Å². The lowest BCUT2D eigenvalue weighted by atomic mass is 10.0. The number of methoxy groups -OCH3 is 1. The molecule has 0 spiro atoms. The number of nitrogens with one attached hydrogen (secondary N) is 1. The number of ether oxygens (including phenoxy) is 1. The molecule has 92 valence electrons. The van der Waals surface area contributed by atoms with Gasteiger partial charge in [-0.15, -0.1) is 0 Å². The first kappa shape index (κ1) is 12.0.